The Morgan fingerprint density at radius 2 is 1.40 bits per heavy atom. The molecule has 0 spiro atoms. The van der Waals surface area contributed by atoms with E-state index in [2.05, 4.69) is 10.3 Å². The highest BCUT2D eigenvalue weighted by Crippen LogP contribution is 2.19. The number of carbonyl (C=O) groups excluding carboxylic acids is 2. The SMILES string of the molecule is Cc1cccnc1Nc1ccc(CN2CCN(Cc3ccccc3)C(=O)C2=O)cc1. The number of benzene rings is 2. The molecule has 2 heterocycles. The largest absolute Gasteiger partial charge is 0.340 e. The highest BCUT2D eigenvalue weighted by molar-refractivity contribution is 6.35. The van der Waals surface area contributed by atoms with E-state index in [0.717, 1.165) is 28.2 Å². The van der Waals surface area contributed by atoms with Crippen molar-refractivity contribution in [2.75, 3.05) is 18.4 Å². The van der Waals surface area contributed by atoms with Crippen LogP contribution in [0.5, 0.6) is 0 Å². The minimum atomic E-state index is -0.441. The Labute approximate surface area is 176 Å². The normalized spacial score (nSPS) is 14.2. The number of rotatable bonds is 6. The molecule has 6 heteroatoms. The van der Waals surface area contributed by atoms with E-state index < -0.39 is 11.8 Å². The van der Waals surface area contributed by atoms with Crippen molar-refractivity contribution in [3.63, 3.8) is 0 Å². The molecule has 0 saturated carbocycles. The van der Waals surface area contributed by atoms with Gasteiger partial charge in [0.25, 0.3) is 0 Å². The van der Waals surface area contributed by atoms with Crippen LogP contribution in [0.15, 0.2) is 72.9 Å². The van der Waals surface area contributed by atoms with Crippen molar-refractivity contribution in [1.29, 1.82) is 0 Å². The van der Waals surface area contributed by atoms with Gasteiger partial charge in [-0.15, -0.1) is 0 Å². The second kappa shape index (κ2) is 8.78. The van der Waals surface area contributed by atoms with E-state index in [0.29, 0.717) is 26.2 Å². The van der Waals surface area contributed by atoms with Gasteiger partial charge in [-0.2, -0.15) is 0 Å². The monoisotopic (exact) mass is 400 g/mol. The standard InChI is InChI=1S/C24H24N4O2/c1-18-6-5-13-25-22(18)26-21-11-9-20(10-12-21)17-28-15-14-27(23(29)24(28)30)16-19-7-3-2-4-8-19/h2-13H,14-17H2,1H3,(H,25,26). The van der Waals surface area contributed by atoms with Gasteiger partial charge < -0.3 is 15.1 Å². The molecule has 0 unspecified atom stereocenters. The highest BCUT2D eigenvalue weighted by atomic mass is 16.2. The third kappa shape index (κ3) is 4.49. The Morgan fingerprint density at radius 1 is 0.800 bits per heavy atom. The number of aromatic nitrogens is 1. The van der Waals surface area contributed by atoms with E-state index in [1.54, 1.807) is 16.0 Å². The zero-order chi connectivity index (χ0) is 20.9. The number of nitrogens with zero attached hydrogens (tertiary/aromatic N) is 3. The smallest absolute Gasteiger partial charge is 0.312 e. The maximum Gasteiger partial charge on any atom is 0.312 e. The Kier molecular flexibility index (Phi) is 5.75. The summed E-state index contributed by atoms with van der Waals surface area (Å²) in [7, 11) is 0. The summed E-state index contributed by atoms with van der Waals surface area (Å²) in [5.74, 6) is -0.0573. The Hall–Kier alpha value is -3.67. The fraction of sp³-hybridized carbons (Fsp3) is 0.208. The minimum Gasteiger partial charge on any atom is -0.340 e. The van der Waals surface area contributed by atoms with Gasteiger partial charge in [-0.05, 0) is 41.8 Å². The number of anilines is 2. The highest BCUT2D eigenvalue weighted by Gasteiger charge is 2.32. The van der Waals surface area contributed by atoms with Crippen LogP contribution in [-0.2, 0) is 22.7 Å². The number of piperazine rings is 1. The van der Waals surface area contributed by atoms with Gasteiger partial charge in [0, 0.05) is 38.1 Å². The van der Waals surface area contributed by atoms with Gasteiger partial charge >= 0.3 is 11.8 Å². The fourth-order valence-electron chi connectivity index (χ4n) is 3.49. The van der Waals surface area contributed by atoms with Crippen LogP contribution < -0.4 is 5.32 Å². The maximum absolute atomic E-state index is 12.6. The first kappa shape index (κ1) is 19.6. The number of carbonyl (C=O) groups is 2. The van der Waals surface area contributed by atoms with E-state index in [-0.39, 0.29) is 0 Å². The van der Waals surface area contributed by atoms with E-state index in [1.165, 1.54) is 0 Å². The van der Waals surface area contributed by atoms with Crippen LogP contribution in [0.1, 0.15) is 16.7 Å². The van der Waals surface area contributed by atoms with Crippen molar-refractivity contribution in [3.05, 3.63) is 89.6 Å². The van der Waals surface area contributed by atoms with Gasteiger partial charge in [0.15, 0.2) is 0 Å². The van der Waals surface area contributed by atoms with Crippen molar-refractivity contribution in [2.24, 2.45) is 0 Å². The molecule has 30 heavy (non-hydrogen) atoms. The molecule has 152 valence electrons. The van der Waals surface area contributed by atoms with Crippen molar-refractivity contribution < 1.29 is 9.59 Å². The average molecular weight is 400 g/mol. The zero-order valence-corrected chi connectivity index (χ0v) is 16.9. The van der Waals surface area contributed by atoms with Crippen molar-refractivity contribution >= 4 is 23.3 Å². The molecule has 1 fully saturated rings. The predicted octanol–water partition coefficient (Wildman–Crippen LogP) is 3.50. The summed E-state index contributed by atoms with van der Waals surface area (Å²) >= 11 is 0. The Morgan fingerprint density at radius 3 is 2.00 bits per heavy atom. The van der Waals surface area contributed by atoms with Crippen LogP contribution in [-0.4, -0.2) is 39.7 Å². The molecular weight excluding hydrogens is 376 g/mol. The summed E-state index contributed by atoms with van der Waals surface area (Å²) in [4.78, 5) is 32.7. The molecule has 4 rings (SSSR count). The third-order valence-corrected chi connectivity index (χ3v) is 5.21. The van der Waals surface area contributed by atoms with Crippen LogP contribution in [0.2, 0.25) is 0 Å². The number of nitrogens with one attached hydrogen (secondary N) is 1. The lowest BCUT2D eigenvalue weighted by molar-refractivity contribution is -0.156. The lowest BCUT2D eigenvalue weighted by atomic mass is 10.1. The fourth-order valence-corrected chi connectivity index (χ4v) is 3.49. The van der Waals surface area contributed by atoms with E-state index in [9.17, 15) is 9.59 Å². The van der Waals surface area contributed by atoms with Crippen LogP contribution in [0.4, 0.5) is 11.5 Å². The van der Waals surface area contributed by atoms with Crippen LogP contribution >= 0.6 is 0 Å². The van der Waals surface area contributed by atoms with Crippen LogP contribution in [0.3, 0.4) is 0 Å². The van der Waals surface area contributed by atoms with Crippen LogP contribution in [0.25, 0.3) is 0 Å². The molecule has 1 aliphatic rings. The van der Waals surface area contributed by atoms with Crippen molar-refractivity contribution in [3.8, 4) is 0 Å². The predicted molar refractivity (Wildman–Crippen MR) is 116 cm³/mol. The summed E-state index contributed by atoms with van der Waals surface area (Å²) in [5, 5.41) is 3.30. The number of hydrogen-bond acceptors (Lipinski definition) is 4. The number of aryl methyl sites for hydroxylation is 1. The summed E-state index contributed by atoms with van der Waals surface area (Å²) in [6.45, 7) is 3.96. The van der Waals surface area contributed by atoms with Gasteiger partial charge in [0.2, 0.25) is 0 Å². The topological polar surface area (TPSA) is 65.5 Å². The van der Waals surface area contributed by atoms with Crippen LogP contribution in [0, 0.1) is 6.92 Å². The summed E-state index contributed by atoms with van der Waals surface area (Å²) in [5.41, 5.74) is 4.00. The summed E-state index contributed by atoms with van der Waals surface area (Å²) in [6.07, 6.45) is 1.75. The van der Waals surface area contributed by atoms with Gasteiger partial charge in [0.1, 0.15) is 5.82 Å². The number of amides is 2. The Balaban J connectivity index is 1.36. The van der Waals surface area contributed by atoms with Crippen molar-refractivity contribution in [2.45, 2.75) is 20.0 Å². The molecule has 1 saturated heterocycles. The molecule has 3 aromatic rings. The number of hydrogen-bond donors (Lipinski definition) is 1. The molecule has 0 bridgehead atoms. The molecule has 1 aliphatic heterocycles. The van der Waals surface area contributed by atoms with E-state index in [1.807, 2.05) is 73.7 Å². The maximum atomic E-state index is 12.6. The van der Waals surface area contributed by atoms with E-state index in [4.69, 9.17) is 0 Å². The summed E-state index contributed by atoms with van der Waals surface area (Å²) < 4.78 is 0. The second-order valence-corrected chi connectivity index (χ2v) is 7.43. The molecule has 6 nitrogen and oxygen atoms in total. The molecule has 0 atom stereocenters. The molecule has 2 amide bonds. The van der Waals surface area contributed by atoms with Gasteiger partial charge in [-0.3, -0.25) is 9.59 Å². The molecule has 1 aromatic heterocycles. The average Bonchev–Trinajstić information content (AvgIpc) is 2.77. The molecule has 0 aliphatic carbocycles. The number of pyridine rings is 1. The first-order valence-electron chi connectivity index (χ1n) is 10.00. The van der Waals surface area contributed by atoms with Gasteiger partial charge in [-0.1, -0.05) is 48.5 Å². The second-order valence-electron chi connectivity index (χ2n) is 7.43. The summed E-state index contributed by atoms with van der Waals surface area (Å²) in [6, 6.07) is 21.5. The van der Waals surface area contributed by atoms with Crippen molar-refractivity contribution in [1.82, 2.24) is 14.8 Å². The van der Waals surface area contributed by atoms with E-state index >= 15 is 0 Å². The molecule has 1 N–H and O–H groups in total. The zero-order valence-electron chi connectivity index (χ0n) is 16.9. The van der Waals surface area contributed by atoms with Gasteiger partial charge in [-0.25, -0.2) is 4.98 Å². The minimum absolute atomic E-state index is 0.423. The molecular formula is C24H24N4O2. The molecule has 2 aromatic carbocycles. The van der Waals surface area contributed by atoms with Gasteiger partial charge in [0.05, 0.1) is 0 Å². The quantitative estimate of drug-likeness (QED) is 0.643. The molecule has 0 radical (unpaired) electrons. The lowest BCUT2D eigenvalue weighted by Crippen LogP contribution is -2.53. The first-order chi connectivity index (χ1) is 14.6. The lowest BCUT2D eigenvalue weighted by Gasteiger charge is -2.33. The first-order valence-corrected chi connectivity index (χ1v) is 10.00. The Bertz CT molecular complexity index is 1030. The third-order valence-electron chi connectivity index (χ3n) is 5.21.